The highest BCUT2D eigenvalue weighted by molar-refractivity contribution is 5.75. The maximum Gasteiger partial charge on any atom is 0.221 e. The van der Waals surface area contributed by atoms with Crippen LogP contribution in [0.1, 0.15) is 24.0 Å². The molecular formula is C20H26N2O. The molecule has 0 radical (unpaired) electrons. The molecule has 122 valence electrons. The molecule has 0 spiro atoms. The smallest absolute Gasteiger partial charge is 0.221 e. The van der Waals surface area contributed by atoms with Crippen molar-refractivity contribution in [1.29, 1.82) is 0 Å². The lowest BCUT2D eigenvalue weighted by atomic mass is 10.1. The summed E-state index contributed by atoms with van der Waals surface area (Å²) in [6.45, 7) is 2.39. The largest absolute Gasteiger partial charge is 0.356 e. The van der Waals surface area contributed by atoms with Gasteiger partial charge in [-0.25, -0.2) is 0 Å². The lowest BCUT2D eigenvalue weighted by Crippen LogP contribution is -2.29. The van der Waals surface area contributed by atoms with Crippen molar-refractivity contribution in [1.82, 2.24) is 10.6 Å². The van der Waals surface area contributed by atoms with Crippen molar-refractivity contribution < 1.29 is 4.79 Å². The van der Waals surface area contributed by atoms with Crippen LogP contribution in [0.4, 0.5) is 0 Å². The van der Waals surface area contributed by atoms with E-state index in [1.165, 1.54) is 11.1 Å². The first kappa shape index (κ1) is 17.2. The highest BCUT2D eigenvalue weighted by Gasteiger charge is 2.00. The summed E-state index contributed by atoms with van der Waals surface area (Å²) in [4.78, 5) is 11.7. The molecule has 0 aliphatic heterocycles. The predicted molar refractivity (Wildman–Crippen MR) is 95.4 cm³/mol. The summed E-state index contributed by atoms with van der Waals surface area (Å²) in [5.41, 5.74) is 2.65. The maximum absolute atomic E-state index is 11.7. The van der Waals surface area contributed by atoms with Crippen LogP contribution in [0.5, 0.6) is 0 Å². The number of carbonyl (C=O) groups is 1. The molecule has 0 heterocycles. The molecule has 0 atom stereocenters. The van der Waals surface area contributed by atoms with Gasteiger partial charge in [-0.3, -0.25) is 4.79 Å². The van der Waals surface area contributed by atoms with Crippen LogP contribution < -0.4 is 10.6 Å². The number of carbonyl (C=O) groups excluding carboxylic acids is 1. The fourth-order valence-electron chi connectivity index (χ4n) is 2.46. The Balaban J connectivity index is 1.45. The second-order valence-corrected chi connectivity index (χ2v) is 5.67. The van der Waals surface area contributed by atoms with Gasteiger partial charge < -0.3 is 10.6 Å². The minimum atomic E-state index is 0.130. The van der Waals surface area contributed by atoms with Crippen LogP contribution >= 0.6 is 0 Å². The Labute approximate surface area is 139 Å². The molecule has 0 saturated heterocycles. The van der Waals surface area contributed by atoms with Crippen molar-refractivity contribution in [2.24, 2.45) is 0 Å². The van der Waals surface area contributed by atoms with E-state index in [0.29, 0.717) is 6.42 Å². The normalized spacial score (nSPS) is 10.4. The highest BCUT2D eigenvalue weighted by Crippen LogP contribution is 2.01. The SMILES string of the molecule is O=C(CCNCCc1ccccc1)NCCCc1ccccc1. The third-order valence-electron chi connectivity index (χ3n) is 3.77. The lowest BCUT2D eigenvalue weighted by molar-refractivity contribution is -0.120. The molecule has 2 rings (SSSR count). The van der Waals surface area contributed by atoms with Crippen LogP contribution in [-0.2, 0) is 17.6 Å². The molecule has 0 aliphatic rings. The van der Waals surface area contributed by atoms with Crippen LogP contribution in [0.3, 0.4) is 0 Å². The number of amides is 1. The van der Waals surface area contributed by atoms with E-state index in [4.69, 9.17) is 0 Å². The molecule has 0 saturated carbocycles. The molecule has 2 aromatic rings. The minimum absolute atomic E-state index is 0.130. The topological polar surface area (TPSA) is 41.1 Å². The van der Waals surface area contributed by atoms with Crippen LogP contribution in [-0.4, -0.2) is 25.5 Å². The zero-order valence-corrected chi connectivity index (χ0v) is 13.6. The molecule has 0 aliphatic carbocycles. The lowest BCUT2D eigenvalue weighted by Gasteiger charge is -2.07. The molecule has 3 heteroatoms. The van der Waals surface area contributed by atoms with Gasteiger partial charge in [-0.05, 0) is 36.9 Å². The summed E-state index contributed by atoms with van der Waals surface area (Å²) in [5.74, 6) is 0.130. The summed E-state index contributed by atoms with van der Waals surface area (Å²) < 4.78 is 0. The number of benzene rings is 2. The number of hydrogen-bond acceptors (Lipinski definition) is 2. The van der Waals surface area contributed by atoms with Crippen molar-refractivity contribution >= 4 is 5.91 Å². The molecule has 0 aromatic heterocycles. The van der Waals surface area contributed by atoms with Gasteiger partial charge in [-0.1, -0.05) is 60.7 Å². The fourth-order valence-corrected chi connectivity index (χ4v) is 2.46. The average Bonchev–Trinajstić information content (AvgIpc) is 2.60. The van der Waals surface area contributed by atoms with Gasteiger partial charge in [0.2, 0.25) is 5.91 Å². The Bertz CT molecular complexity index is 554. The molecule has 2 aromatic carbocycles. The van der Waals surface area contributed by atoms with Gasteiger partial charge in [0.05, 0.1) is 0 Å². The Kier molecular flexibility index (Phi) is 7.92. The van der Waals surface area contributed by atoms with E-state index in [0.717, 1.165) is 38.9 Å². The summed E-state index contributed by atoms with van der Waals surface area (Å²) >= 11 is 0. The van der Waals surface area contributed by atoms with Crippen LogP contribution in [0.15, 0.2) is 60.7 Å². The van der Waals surface area contributed by atoms with Gasteiger partial charge in [0.25, 0.3) is 0 Å². The number of nitrogens with one attached hydrogen (secondary N) is 2. The first-order chi connectivity index (χ1) is 11.3. The van der Waals surface area contributed by atoms with Crippen molar-refractivity contribution in [2.75, 3.05) is 19.6 Å². The number of rotatable bonds is 10. The second-order valence-electron chi connectivity index (χ2n) is 5.67. The summed E-state index contributed by atoms with van der Waals surface area (Å²) in [6, 6.07) is 20.8. The predicted octanol–water partition coefficient (Wildman–Crippen LogP) is 2.96. The van der Waals surface area contributed by atoms with Gasteiger partial charge >= 0.3 is 0 Å². The maximum atomic E-state index is 11.7. The van der Waals surface area contributed by atoms with Gasteiger partial charge in [-0.15, -0.1) is 0 Å². The van der Waals surface area contributed by atoms with Crippen molar-refractivity contribution in [3.05, 3.63) is 71.8 Å². The standard InChI is InChI=1S/C20H26N2O/c23-20(22-15-7-12-18-8-3-1-4-9-18)14-17-21-16-13-19-10-5-2-6-11-19/h1-6,8-11,21H,7,12-17H2,(H,22,23). The Morgan fingerprint density at radius 2 is 1.35 bits per heavy atom. The molecular weight excluding hydrogens is 284 g/mol. The van der Waals surface area contributed by atoms with Gasteiger partial charge in [0.1, 0.15) is 0 Å². The zero-order valence-electron chi connectivity index (χ0n) is 13.6. The van der Waals surface area contributed by atoms with Crippen molar-refractivity contribution in [3.63, 3.8) is 0 Å². The quantitative estimate of drug-likeness (QED) is 0.663. The number of aryl methyl sites for hydroxylation is 1. The monoisotopic (exact) mass is 310 g/mol. The molecule has 2 N–H and O–H groups in total. The summed E-state index contributed by atoms with van der Waals surface area (Å²) in [7, 11) is 0. The average molecular weight is 310 g/mol. The second kappa shape index (κ2) is 10.6. The van der Waals surface area contributed by atoms with Crippen molar-refractivity contribution in [2.45, 2.75) is 25.7 Å². The van der Waals surface area contributed by atoms with Gasteiger partial charge in [0.15, 0.2) is 0 Å². The van der Waals surface area contributed by atoms with Gasteiger partial charge in [-0.2, -0.15) is 0 Å². The third-order valence-corrected chi connectivity index (χ3v) is 3.77. The Hall–Kier alpha value is -2.13. The molecule has 0 fully saturated rings. The highest BCUT2D eigenvalue weighted by atomic mass is 16.1. The van der Waals surface area contributed by atoms with E-state index in [2.05, 4.69) is 59.2 Å². The summed E-state index contributed by atoms with van der Waals surface area (Å²) in [5, 5.41) is 6.30. The Morgan fingerprint density at radius 3 is 2.00 bits per heavy atom. The van der Waals surface area contributed by atoms with E-state index >= 15 is 0 Å². The summed E-state index contributed by atoms with van der Waals surface area (Å²) in [6.07, 6.45) is 3.54. The first-order valence-electron chi connectivity index (χ1n) is 8.40. The zero-order chi connectivity index (χ0) is 16.2. The molecule has 3 nitrogen and oxygen atoms in total. The van der Waals surface area contributed by atoms with Crippen LogP contribution in [0, 0.1) is 0 Å². The number of hydrogen-bond donors (Lipinski definition) is 2. The van der Waals surface area contributed by atoms with Crippen LogP contribution in [0.25, 0.3) is 0 Å². The molecule has 0 bridgehead atoms. The van der Waals surface area contributed by atoms with Crippen molar-refractivity contribution in [3.8, 4) is 0 Å². The van der Waals surface area contributed by atoms with E-state index in [1.807, 2.05) is 12.1 Å². The molecule has 0 unspecified atom stereocenters. The first-order valence-corrected chi connectivity index (χ1v) is 8.40. The van der Waals surface area contributed by atoms with E-state index < -0.39 is 0 Å². The molecule has 1 amide bonds. The van der Waals surface area contributed by atoms with Gasteiger partial charge in [0, 0.05) is 19.5 Å². The third kappa shape index (κ3) is 7.61. The Morgan fingerprint density at radius 1 is 0.739 bits per heavy atom. The molecule has 23 heavy (non-hydrogen) atoms. The van der Waals surface area contributed by atoms with E-state index in [9.17, 15) is 4.79 Å². The van der Waals surface area contributed by atoms with Crippen LogP contribution in [0.2, 0.25) is 0 Å². The van der Waals surface area contributed by atoms with E-state index in [-0.39, 0.29) is 5.91 Å². The fraction of sp³-hybridized carbons (Fsp3) is 0.350. The minimum Gasteiger partial charge on any atom is -0.356 e. The van der Waals surface area contributed by atoms with E-state index in [1.54, 1.807) is 0 Å².